The van der Waals surface area contributed by atoms with Crippen molar-refractivity contribution < 1.29 is 9.53 Å². The van der Waals surface area contributed by atoms with Crippen LogP contribution in [0.25, 0.3) is 0 Å². The Labute approximate surface area is 136 Å². The molecule has 0 aliphatic carbocycles. The van der Waals surface area contributed by atoms with E-state index in [1.165, 1.54) is 6.42 Å². The number of anilines is 2. The number of nitrogens with zero attached hydrogens (tertiary/aromatic N) is 2. The number of carbonyl (C=O) groups excluding carboxylic acids is 1. The van der Waals surface area contributed by atoms with Gasteiger partial charge in [0, 0.05) is 19.3 Å². The van der Waals surface area contributed by atoms with Gasteiger partial charge in [0.1, 0.15) is 11.6 Å². The lowest BCUT2D eigenvalue weighted by molar-refractivity contribution is 0.0724. The van der Waals surface area contributed by atoms with E-state index in [1.54, 1.807) is 13.3 Å². The maximum atomic E-state index is 12.4. The lowest BCUT2D eigenvalue weighted by Crippen LogP contribution is -2.35. The number of methoxy groups -OCH3 is 1. The SMILES string of the molecule is COc1ccccc1Nc1ccc(C(=O)N2CCCCC2)cn1. The van der Waals surface area contributed by atoms with Gasteiger partial charge in [0.25, 0.3) is 5.91 Å². The van der Waals surface area contributed by atoms with Gasteiger partial charge in [0.05, 0.1) is 18.4 Å². The number of ether oxygens (including phenoxy) is 1. The number of carbonyl (C=O) groups is 1. The van der Waals surface area contributed by atoms with Gasteiger partial charge in [-0.2, -0.15) is 0 Å². The molecular weight excluding hydrogens is 290 g/mol. The van der Waals surface area contributed by atoms with Gasteiger partial charge in [0.15, 0.2) is 0 Å². The average Bonchev–Trinajstić information content (AvgIpc) is 2.63. The highest BCUT2D eigenvalue weighted by Crippen LogP contribution is 2.26. The van der Waals surface area contributed by atoms with E-state index in [2.05, 4.69) is 10.3 Å². The number of likely N-dealkylation sites (tertiary alicyclic amines) is 1. The molecule has 2 aromatic rings. The van der Waals surface area contributed by atoms with Crippen LogP contribution >= 0.6 is 0 Å². The summed E-state index contributed by atoms with van der Waals surface area (Å²) in [5.41, 5.74) is 1.48. The molecule has 3 rings (SSSR count). The molecule has 1 aliphatic heterocycles. The van der Waals surface area contributed by atoms with Crippen LogP contribution in [0.15, 0.2) is 42.6 Å². The third-order valence-corrected chi connectivity index (χ3v) is 4.02. The van der Waals surface area contributed by atoms with E-state index in [0.29, 0.717) is 11.4 Å². The van der Waals surface area contributed by atoms with Crippen LogP contribution in [0.2, 0.25) is 0 Å². The van der Waals surface area contributed by atoms with Gasteiger partial charge in [-0.3, -0.25) is 4.79 Å². The third kappa shape index (κ3) is 3.62. The number of rotatable bonds is 4. The number of para-hydroxylation sites is 2. The topological polar surface area (TPSA) is 54.5 Å². The average molecular weight is 311 g/mol. The first-order chi connectivity index (χ1) is 11.3. The van der Waals surface area contributed by atoms with Gasteiger partial charge < -0.3 is 15.0 Å². The van der Waals surface area contributed by atoms with E-state index in [0.717, 1.165) is 37.4 Å². The Kier molecular flexibility index (Phi) is 4.76. The minimum Gasteiger partial charge on any atom is -0.495 e. The highest BCUT2D eigenvalue weighted by molar-refractivity contribution is 5.94. The molecule has 0 atom stereocenters. The first kappa shape index (κ1) is 15.3. The summed E-state index contributed by atoms with van der Waals surface area (Å²) in [6.07, 6.45) is 5.03. The van der Waals surface area contributed by atoms with E-state index in [-0.39, 0.29) is 5.91 Å². The van der Waals surface area contributed by atoms with Gasteiger partial charge in [-0.15, -0.1) is 0 Å². The van der Waals surface area contributed by atoms with E-state index in [9.17, 15) is 4.79 Å². The molecule has 1 aromatic heterocycles. The maximum Gasteiger partial charge on any atom is 0.255 e. The zero-order chi connectivity index (χ0) is 16.1. The molecule has 1 amide bonds. The molecule has 120 valence electrons. The van der Waals surface area contributed by atoms with E-state index in [4.69, 9.17) is 4.74 Å². The number of nitrogens with one attached hydrogen (secondary N) is 1. The van der Waals surface area contributed by atoms with Crippen molar-refractivity contribution in [3.63, 3.8) is 0 Å². The maximum absolute atomic E-state index is 12.4. The summed E-state index contributed by atoms with van der Waals surface area (Å²) in [7, 11) is 1.63. The van der Waals surface area contributed by atoms with Crippen molar-refractivity contribution in [3.8, 4) is 5.75 Å². The molecule has 1 saturated heterocycles. The fourth-order valence-electron chi connectivity index (χ4n) is 2.76. The summed E-state index contributed by atoms with van der Waals surface area (Å²) in [5, 5.41) is 3.21. The first-order valence-electron chi connectivity index (χ1n) is 7.93. The van der Waals surface area contributed by atoms with Crippen molar-refractivity contribution in [2.45, 2.75) is 19.3 Å². The van der Waals surface area contributed by atoms with Crippen LogP contribution in [0.1, 0.15) is 29.6 Å². The fourth-order valence-corrected chi connectivity index (χ4v) is 2.76. The summed E-state index contributed by atoms with van der Waals surface area (Å²) < 4.78 is 5.31. The van der Waals surface area contributed by atoms with Crippen molar-refractivity contribution in [1.82, 2.24) is 9.88 Å². The Balaban J connectivity index is 1.70. The molecule has 0 spiro atoms. The van der Waals surface area contributed by atoms with Crippen molar-refractivity contribution in [3.05, 3.63) is 48.2 Å². The highest BCUT2D eigenvalue weighted by atomic mass is 16.5. The fraction of sp³-hybridized carbons (Fsp3) is 0.333. The van der Waals surface area contributed by atoms with Crippen LogP contribution in [-0.2, 0) is 0 Å². The van der Waals surface area contributed by atoms with Gasteiger partial charge in [-0.1, -0.05) is 12.1 Å². The van der Waals surface area contributed by atoms with E-state index in [1.807, 2.05) is 41.3 Å². The summed E-state index contributed by atoms with van der Waals surface area (Å²) >= 11 is 0. The van der Waals surface area contributed by atoms with Crippen molar-refractivity contribution in [2.24, 2.45) is 0 Å². The van der Waals surface area contributed by atoms with Crippen molar-refractivity contribution in [1.29, 1.82) is 0 Å². The molecule has 5 nitrogen and oxygen atoms in total. The molecular formula is C18H21N3O2. The molecule has 1 aromatic carbocycles. The Bertz CT molecular complexity index is 664. The second-order valence-electron chi connectivity index (χ2n) is 5.61. The summed E-state index contributed by atoms with van der Waals surface area (Å²) in [6, 6.07) is 11.3. The second-order valence-corrected chi connectivity index (χ2v) is 5.61. The number of hydrogen-bond donors (Lipinski definition) is 1. The second kappa shape index (κ2) is 7.13. The Hall–Kier alpha value is -2.56. The standard InChI is InChI=1S/C18H21N3O2/c1-23-16-8-4-3-7-15(16)20-17-10-9-14(13-19-17)18(22)21-11-5-2-6-12-21/h3-4,7-10,13H,2,5-6,11-12H2,1H3,(H,19,20). The third-order valence-electron chi connectivity index (χ3n) is 4.02. The van der Waals surface area contributed by atoms with Gasteiger partial charge in [0.2, 0.25) is 0 Å². The normalized spacial score (nSPS) is 14.4. The van der Waals surface area contributed by atoms with Crippen LogP contribution in [0, 0.1) is 0 Å². The largest absolute Gasteiger partial charge is 0.495 e. The summed E-state index contributed by atoms with van der Waals surface area (Å²) in [5.74, 6) is 1.51. The lowest BCUT2D eigenvalue weighted by atomic mass is 10.1. The molecule has 0 radical (unpaired) electrons. The molecule has 1 N–H and O–H groups in total. The summed E-state index contributed by atoms with van der Waals surface area (Å²) in [4.78, 5) is 18.7. The van der Waals surface area contributed by atoms with Gasteiger partial charge in [-0.05, 0) is 43.5 Å². The monoisotopic (exact) mass is 311 g/mol. The molecule has 23 heavy (non-hydrogen) atoms. The first-order valence-corrected chi connectivity index (χ1v) is 7.93. The number of benzene rings is 1. The molecule has 0 saturated carbocycles. The molecule has 1 fully saturated rings. The predicted molar refractivity (Wildman–Crippen MR) is 90.3 cm³/mol. The number of amides is 1. The van der Waals surface area contributed by atoms with E-state index >= 15 is 0 Å². The lowest BCUT2D eigenvalue weighted by Gasteiger charge is -2.26. The van der Waals surface area contributed by atoms with Gasteiger partial charge in [-0.25, -0.2) is 4.98 Å². The summed E-state index contributed by atoms with van der Waals surface area (Å²) in [6.45, 7) is 1.69. The minimum atomic E-state index is 0.0704. The zero-order valence-electron chi connectivity index (χ0n) is 13.3. The molecule has 0 unspecified atom stereocenters. The minimum absolute atomic E-state index is 0.0704. The Morgan fingerprint density at radius 2 is 1.91 bits per heavy atom. The Morgan fingerprint density at radius 1 is 1.13 bits per heavy atom. The number of hydrogen-bond acceptors (Lipinski definition) is 4. The zero-order valence-corrected chi connectivity index (χ0v) is 13.3. The van der Waals surface area contributed by atoms with Crippen LogP contribution in [0.4, 0.5) is 11.5 Å². The van der Waals surface area contributed by atoms with Gasteiger partial charge >= 0.3 is 0 Å². The van der Waals surface area contributed by atoms with Crippen LogP contribution in [-0.4, -0.2) is 36.0 Å². The molecule has 2 heterocycles. The quantitative estimate of drug-likeness (QED) is 0.939. The molecule has 1 aliphatic rings. The number of piperidine rings is 1. The Morgan fingerprint density at radius 3 is 2.61 bits per heavy atom. The number of aromatic nitrogens is 1. The molecule has 5 heteroatoms. The van der Waals surface area contributed by atoms with Crippen LogP contribution in [0.5, 0.6) is 5.75 Å². The van der Waals surface area contributed by atoms with E-state index < -0.39 is 0 Å². The predicted octanol–water partition coefficient (Wildman–Crippen LogP) is 3.46. The van der Waals surface area contributed by atoms with Crippen LogP contribution in [0.3, 0.4) is 0 Å². The van der Waals surface area contributed by atoms with Crippen molar-refractivity contribution >= 4 is 17.4 Å². The number of pyridine rings is 1. The smallest absolute Gasteiger partial charge is 0.255 e. The van der Waals surface area contributed by atoms with Crippen molar-refractivity contribution in [2.75, 3.05) is 25.5 Å². The van der Waals surface area contributed by atoms with Crippen LogP contribution < -0.4 is 10.1 Å². The molecule has 0 bridgehead atoms. The highest BCUT2D eigenvalue weighted by Gasteiger charge is 2.18.